The summed E-state index contributed by atoms with van der Waals surface area (Å²) in [7, 11) is 0. The molecule has 0 amide bonds. The van der Waals surface area contributed by atoms with Crippen LogP contribution in [0.25, 0.3) is 0 Å². The van der Waals surface area contributed by atoms with Gasteiger partial charge in [0, 0.05) is 0 Å². The number of aryl methyl sites for hydroxylation is 3. The molecule has 2 nitrogen and oxygen atoms in total. The zero-order chi connectivity index (χ0) is 14.0. The Hall–Kier alpha value is -1.71. The van der Waals surface area contributed by atoms with Crippen molar-refractivity contribution in [3.05, 3.63) is 70.0 Å². The van der Waals surface area contributed by atoms with E-state index in [9.17, 15) is 4.39 Å². The Bertz CT molecular complexity index is 573. The fourth-order valence-corrected chi connectivity index (χ4v) is 2.57. The largest absolute Gasteiger partial charge is 0.271 e. The van der Waals surface area contributed by atoms with Crippen LogP contribution in [0.4, 0.5) is 4.39 Å². The topological polar surface area (TPSA) is 38.0 Å². The summed E-state index contributed by atoms with van der Waals surface area (Å²) in [4.78, 5) is 0. The maximum atomic E-state index is 13.2. The molecule has 0 aliphatic heterocycles. The highest BCUT2D eigenvalue weighted by molar-refractivity contribution is 5.44. The van der Waals surface area contributed by atoms with Crippen LogP contribution in [0.2, 0.25) is 0 Å². The molecule has 0 fully saturated rings. The summed E-state index contributed by atoms with van der Waals surface area (Å²) >= 11 is 0. The van der Waals surface area contributed by atoms with E-state index in [0.29, 0.717) is 0 Å². The van der Waals surface area contributed by atoms with E-state index >= 15 is 0 Å². The molecule has 3 N–H and O–H groups in total. The van der Waals surface area contributed by atoms with E-state index < -0.39 is 0 Å². The van der Waals surface area contributed by atoms with E-state index in [-0.39, 0.29) is 11.9 Å². The molecule has 0 spiro atoms. The molecule has 0 saturated heterocycles. The lowest BCUT2D eigenvalue weighted by atomic mass is 9.89. The van der Waals surface area contributed by atoms with Crippen LogP contribution in [0.3, 0.4) is 0 Å². The van der Waals surface area contributed by atoms with Gasteiger partial charge in [0.15, 0.2) is 0 Å². The second-order valence-corrected chi connectivity index (χ2v) is 4.91. The molecule has 2 aromatic carbocycles. The number of nitrogens with two attached hydrogens (primary N) is 1. The second-order valence-electron chi connectivity index (χ2n) is 4.91. The smallest absolute Gasteiger partial charge is 0.123 e. The second kappa shape index (κ2) is 5.51. The molecule has 0 heterocycles. The third-order valence-corrected chi connectivity index (χ3v) is 3.54. The summed E-state index contributed by atoms with van der Waals surface area (Å²) in [5.74, 6) is 5.51. The maximum absolute atomic E-state index is 13.2. The predicted octanol–water partition coefficient (Wildman–Crippen LogP) is 3.30. The number of halogens is 1. The lowest BCUT2D eigenvalue weighted by Crippen LogP contribution is -2.30. The van der Waals surface area contributed by atoms with Crippen molar-refractivity contribution < 1.29 is 4.39 Å². The van der Waals surface area contributed by atoms with Crippen LogP contribution in [0.1, 0.15) is 33.9 Å². The normalized spacial score (nSPS) is 12.5. The van der Waals surface area contributed by atoms with Crippen molar-refractivity contribution in [2.45, 2.75) is 26.8 Å². The molecule has 1 unspecified atom stereocenters. The summed E-state index contributed by atoms with van der Waals surface area (Å²) in [6, 6.07) is 10.8. The number of hydrogen-bond acceptors (Lipinski definition) is 2. The Morgan fingerprint density at radius 3 is 2.16 bits per heavy atom. The molecule has 100 valence electrons. The Kier molecular flexibility index (Phi) is 3.98. The van der Waals surface area contributed by atoms with Gasteiger partial charge in [0.2, 0.25) is 0 Å². The highest BCUT2D eigenvalue weighted by atomic mass is 19.1. The highest BCUT2D eigenvalue weighted by Crippen LogP contribution is 2.29. The van der Waals surface area contributed by atoms with Crippen LogP contribution < -0.4 is 11.3 Å². The summed E-state index contributed by atoms with van der Waals surface area (Å²) in [5, 5.41) is 0. The van der Waals surface area contributed by atoms with Crippen LogP contribution >= 0.6 is 0 Å². The number of nitrogens with one attached hydrogen (secondary N) is 1. The monoisotopic (exact) mass is 258 g/mol. The van der Waals surface area contributed by atoms with Gasteiger partial charge in [0.25, 0.3) is 0 Å². The quantitative estimate of drug-likeness (QED) is 0.655. The van der Waals surface area contributed by atoms with Crippen LogP contribution in [0.15, 0.2) is 36.4 Å². The van der Waals surface area contributed by atoms with E-state index in [0.717, 1.165) is 16.7 Å². The van der Waals surface area contributed by atoms with Crippen molar-refractivity contribution in [2.75, 3.05) is 0 Å². The molecule has 3 heteroatoms. The number of hydrazine groups is 1. The SMILES string of the molecule is Cc1cc(F)ccc1C(NN)c1c(C)cccc1C. The Morgan fingerprint density at radius 2 is 1.63 bits per heavy atom. The van der Waals surface area contributed by atoms with Crippen molar-refractivity contribution >= 4 is 0 Å². The number of hydrogen-bond donors (Lipinski definition) is 2. The van der Waals surface area contributed by atoms with Gasteiger partial charge in [0.05, 0.1) is 6.04 Å². The van der Waals surface area contributed by atoms with Crippen LogP contribution in [0.5, 0.6) is 0 Å². The summed E-state index contributed by atoms with van der Waals surface area (Å²) < 4.78 is 13.2. The lowest BCUT2D eigenvalue weighted by Gasteiger charge is -2.23. The maximum Gasteiger partial charge on any atom is 0.123 e. The van der Waals surface area contributed by atoms with Gasteiger partial charge in [-0.05, 0) is 60.7 Å². The average molecular weight is 258 g/mol. The molecular weight excluding hydrogens is 239 g/mol. The average Bonchev–Trinajstić information content (AvgIpc) is 2.35. The molecule has 0 bridgehead atoms. The molecule has 0 aliphatic rings. The van der Waals surface area contributed by atoms with E-state index in [2.05, 4.69) is 31.4 Å². The Balaban J connectivity index is 2.56. The molecular formula is C16H19FN2. The van der Waals surface area contributed by atoms with Crippen molar-refractivity contribution in [1.82, 2.24) is 5.43 Å². The highest BCUT2D eigenvalue weighted by Gasteiger charge is 2.18. The van der Waals surface area contributed by atoms with Gasteiger partial charge in [0.1, 0.15) is 5.82 Å². The minimum absolute atomic E-state index is 0.123. The van der Waals surface area contributed by atoms with E-state index in [1.807, 2.05) is 13.0 Å². The first-order valence-corrected chi connectivity index (χ1v) is 6.33. The van der Waals surface area contributed by atoms with Gasteiger partial charge in [-0.2, -0.15) is 0 Å². The molecule has 0 aliphatic carbocycles. The van der Waals surface area contributed by atoms with Gasteiger partial charge in [-0.25, -0.2) is 9.82 Å². The minimum atomic E-state index is -0.224. The van der Waals surface area contributed by atoms with E-state index in [4.69, 9.17) is 5.84 Å². The van der Waals surface area contributed by atoms with Crippen molar-refractivity contribution in [3.8, 4) is 0 Å². The fourth-order valence-electron chi connectivity index (χ4n) is 2.57. The zero-order valence-electron chi connectivity index (χ0n) is 11.5. The van der Waals surface area contributed by atoms with Crippen LogP contribution in [-0.4, -0.2) is 0 Å². The van der Waals surface area contributed by atoms with E-state index in [1.165, 1.54) is 23.3 Å². The fraction of sp³-hybridized carbons (Fsp3) is 0.250. The van der Waals surface area contributed by atoms with Crippen molar-refractivity contribution in [3.63, 3.8) is 0 Å². The van der Waals surface area contributed by atoms with Gasteiger partial charge in [-0.1, -0.05) is 24.3 Å². The minimum Gasteiger partial charge on any atom is -0.271 e. The summed E-state index contributed by atoms with van der Waals surface area (Å²) in [6.07, 6.45) is 0. The Labute approximate surface area is 113 Å². The summed E-state index contributed by atoms with van der Waals surface area (Å²) in [5.41, 5.74) is 8.25. The molecule has 19 heavy (non-hydrogen) atoms. The zero-order valence-corrected chi connectivity index (χ0v) is 11.5. The third-order valence-electron chi connectivity index (χ3n) is 3.54. The standard InChI is InChI=1S/C16H19FN2/c1-10-5-4-6-11(2)15(10)16(19-18)14-8-7-13(17)9-12(14)3/h4-9,16,19H,18H2,1-3H3. The first-order chi connectivity index (χ1) is 9.04. The first kappa shape index (κ1) is 13.7. The molecule has 1 atom stereocenters. The number of rotatable bonds is 3. The Morgan fingerprint density at radius 1 is 1.00 bits per heavy atom. The molecule has 2 aromatic rings. The van der Waals surface area contributed by atoms with Gasteiger partial charge in [-0.3, -0.25) is 5.84 Å². The summed E-state index contributed by atoms with van der Waals surface area (Å²) in [6.45, 7) is 6.02. The van der Waals surface area contributed by atoms with Gasteiger partial charge in [-0.15, -0.1) is 0 Å². The van der Waals surface area contributed by atoms with Gasteiger partial charge < -0.3 is 0 Å². The lowest BCUT2D eigenvalue weighted by molar-refractivity contribution is 0.609. The van der Waals surface area contributed by atoms with Crippen molar-refractivity contribution in [2.24, 2.45) is 5.84 Å². The molecule has 0 saturated carbocycles. The number of benzene rings is 2. The van der Waals surface area contributed by atoms with Crippen molar-refractivity contribution in [1.29, 1.82) is 0 Å². The van der Waals surface area contributed by atoms with Crippen LogP contribution in [-0.2, 0) is 0 Å². The van der Waals surface area contributed by atoms with Crippen LogP contribution in [0, 0.1) is 26.6 Å². The molecule has 2 rings (SSSR count). The molecule has 0 aromatic heterocycles. The molecule has 0 radical (unpaired) electrons. The third kappa shape index (κ3) is 2.67. The first-order valence-electron chi connectivity index (χ1n) is 6.33. The predicted molar refractivity (Wildman–Crippen MR) is 76.2 cm³/mol. The van der Waals surface area contributed by atoms with E-state index in [1.54, 1.807) is 6.07 Å². The van der Waals surface area contributed by atoms with Gasteiger partial charge >= 0.3 is 0 Å².